The van der Waals surface area contributed by atoms with E-state index in [1.807, 2.05) is 11.5 Å². The highest BCUT2D eigenvalue weighted by Crippen LogP contribution is 2.27. The van der Waals surface area contributed by atoms with Crippen LogP contribution in [0.15, 0.2) is 23.4 Å². The maximum Gasteiger partial charge on any atom is 0.191 e. The summed E-state index contributed by atoms with van der Waals surface area (Å²) < 4.78 is 15.6. The number of rotatable bonds is 5. The van der Waals surface area contributed by atoms with Crippen LogP contribution in [0.4, 0.5) is 4.39 Å². The van der Waals surface area contributed by atoms with Gasteiger partial charge >= 0.3 is 0 Å². The van der Waals surface area contributed by atoms with Crippen molar-refractivity contribution in [1.29, 1.82) is 0 Å². The van der Waals surface area contributed by atoms with Crippen molar-refractivity contribution in [3.05, 3.63) is 40.4 Å². The molecule has 0 aliphatic carbocycles. The highest BCUT2D eigenvalue weighted by atomic mass is 35.5. The molecule has 0 radical (unpaired) electrons. The summed E-state index contributed by atoms with van der Waals surface area (Å²) in [6, 6.07) is 4.67. The van der Waals surface area contributed by atoms with Crippen LogP contribution >= 0.6 is 23.4 Å². The van der Waals surface area contributed by atoms with Crippen molar-refractivity contribution in [1.82, 2.24) is 14.8 Å². The first kappa shape index (κ1) is 14.3. The van der Waals surface area contributed by atoms with Gasteiger partial charge in [-0.2, -0.15) is 0 Å². The van der Waals surface area contributed by atoms with E-state index >= 15 is 0 Å². The van der Waals surface area contributed by atoms with Crippen molar-refractivity contribution in [3.63, 3.8) is 0 Å². The van der Waals surface area contributed by atoms with Crippen LogP contribution in [0.3, 0.4) is 0 Å². The summed E-state index contributed by atoms with van der Waals surface area (Å²) in [5.74, 6) is 0.833. The van der Waals surface area contributed by atoms with Crippen LogP contribution in [0, 0.1) is 5.82 Å². The van der Waals surface area contributed by atoms with Crippen molar-refractivity contribution in [2.24, 2.45) is 5.73 Å². The summed E-state index contributed by atoms with van der Waals surface area (Å²) in [5.41, 5.74) is 6.06. The van der Waals surface area contributed by atoms with Crippen molar-refractivity contribution < 1.29 is 4.39 Å². The molecular formula is C12H14ClFN4S. The molecule has 1 aromatic heterocycles. The molecule has 7 heteroatoms. The molecule has 0 spiro atoms. The second kappa shape index (κ2) is 6.36. The number of nitrogens with zero attached hydrogens (tertiary/aromatic N) is 3. The molecular weight excluding hydrogens is 287 g/mol. The van der Waals surface area contributed by atoms with Crippen molar-refractivity contribution in [2.75, 3.05) is 0 Å². The van der Waals surface area contributed by atoms with Gasteiger partial charge in [-0.15, -0.1) is 10.2 Å². The monoisotopic (exact) mass is 300 g/mol. The third-order valence-electron chi connectivity index (χ3n) is 2.70. The van der Waals surface area contributed by atoms with Crippen LogP contribution in [0.5, 0.6) is 0 Å². The molecule has 0 atom stereocenters. The van der Waals surface area contributed by atoms with Gasteiger partial charge in [0.2, 0.25) is 0 Å². The van der Waals surface area contributed by atoms with Crippen LogP contribution < -0.4 is 5.73 Å². The van der Waals surface area contributed by atoms with E-state index in [2.05, 4.69) is 10.2 Å². The van der Waals surface area contributed by atoms with Gasteiger partial charge in [0.1, 0.15) is 11.6 Å². The zero-order valence-electron chi connectivity index (χ0n) is 10.4. The second-order valence-electron chi connectivity index (χ2n) is 3.84. The minimum atomic E-state index is -0.304. The Bertz CT molecular complexity index is 553. The van der Waals surface area contributed by atoms with E-state index in [0.717, 1.165) is 17.5 Å². The van der Waals surface area contributed by atoms with E-state index in [4.69, 9.17) is 17.3 Å². The Morgan fingerprint density at radius 1 is 1.42 bits per heavy atom. The van der Waals surface area contributed by atoms with Gasteiger partial charge in [-0.25, -0.2) is 4.39 Å². The van der Waals surface area contributed by atoms with Gasteiger partial charge in [-0.1, -0.05) is 29.4 Å². The molecule has 0 aliphatic heterocycles. The first-order chi connectivity index (χ1) is 9.17. The lowest BCUT2D eigenvalue weighted by Gasteiger charge is -2.07. The topological polar surface area (TPSA) is 56.7 Å². The molecule has 2 N–H and O–H groups in total. The van der Waals surface area contributed by atoms with Gasteiger partial charge in [-0.05, 0) is 19.1 Å². The quantitative estimate of drug-likeness (QED) is 0.863. The van der Waals surface area contributed by atoms with E-state index < -0.39 is 0 Å². The van der Waals surface area contributed by atoms with Crippen LogP contribution in [0.1, 0.15) is 18.3 Å². The van der Waals surface area contributed by atoms with Gasteiger partial charge in [0.25, 0.3) is 0 Å². The molecule has 4 nitrogen and oxygen atoms in total. The lowest BCUT2D eigenvalue weighted by atomic mass is 10.2. The first-order valence-corrected chi connectivity index (χ1v) is 7.21. The lowest BCUT2D eigenvalue weighted by Crippen LogP contribution is -2.08. The van der Waals surface area contributed by atoms with Crippen LogP contribution in [0.2, 0.25) is 5.02 Å². The Kier molecular flexibility index (Phi) is 4.79. The number of hydrogen-bond acceptors (Lipinski definition) is 4. The lowest BCUT2D eigenvalue weighted by molar-refractivity contribution is 0.616. The number of halogens is 2. The zero-order chi connectivity index (χ0) is 13.8. The normalized spacial score (nSPS) is 10.9. The molecule has 0 aliphatic rings. The third kappa shape index (κ3) is 3.08. The Balaban J connectivity index is 2.17. The highest BCUT2D eigenvalue weighted by molar-refractivity contribution is 7.98. The Morgan fingerprint density at radius 2 is 2.21 bits per heavy atom. The van der Waals surface area contributed by atoms with E-state index in [1.54, 1.807) is 12.1 Å². The number of hydrogen-bond donors (Lipinski definition) is 1. The molecule has 0 saturated heterocycles. The molecule has 102 valence electrons. The maximum atomic E-state index is 13.6. The summed E-state index contributed by atoms with van der Waals surface area (Å²) in [4.78, 5) is 0. The van der Waals surface area contributed by atoms with E-state index in [-0.39, 0.29) is 5.82 Å². The van der Waals surface area contributed by atoms with Crippen LogP contribution in [-0.2, 0) is 18.8 Å². The van der Waals surface area contributed by atoms with Crippen molar-refractivity contribution in [2.45, 2.75) is 30.9 Å². The third-order valence-corrected chi connectivity index (χ3v) is 4.05. The molecule has 0 bridgehead atoms. The Hall–Kier alpha value is -1.11. The fraction of sp³-hybridized carbons (Fsp3) is 0.333. The zero-order valence-corrected chi connectivity index (χ0v) is 12.0. The average Bonchev–Trinajstić information content (AvgIpc) is 2.80. The smallest absolute Gasteiger partial charge is 0.191 e. The summed E-state index contributed by atoms with van der Waals surface area (Å²) in [6.07, 6.45) is 0. The minimum Gasteiger partial charge on any atom is -0.324 e. The molecule has 1 heterocycles. The predicted molar refractivity (Wildman–Crippen MR) is 74.6 cm³/mol. The van der Waals surface area contributed by atoms with Crippen LogP contribution in [-0.4, -0.2) is 14.8 Å². The molecule has 0 saturated carbocycles. The van der Waals surface area contributed by atoms with Gasteiger partial charge in [0.15, 0.2) is 5.16 Å². The van der Waals surface area contributed by atoms with Gasteiger partial charge in [0.05, 0.1) is 6.54 Å². The number of nitrogens with two attached hydrogens (primary N) is 1. The van der Waals surface area contributed by atoms with Gasteiger partial charge < -0.3 is 10.3 Å². The standard InChI is InChI=1S/C12H14ClFN4S/c1-2-18-11(6-15)16-17-12(18)19-7-8-9(13)4-3-5-10(8)14/h3-5H,2,6-7,15H2,1H3. The van der Waals surface area contributed by atoms with Gasteiger partial charge in [0, 0.05) is 22.9 Å². The van der Waals surface area contributed by atoms with Crippen LogP contribution in [0.25, 0.3) is 0 Å². The summed E-state index contributed by atoms with van der Waals surface area (Å²) in [6.45, 7) is 3.05. The van der Waals surface area contributed by atoms with E-state index in [0.29, 0.717) is 22.9 Å². The van der Waals surface area contributed by atoms with E-state index in [9.17, 15) is 4.39 Å². The molecule has 0 amide bonds. The second-order valence-corrected chi connectivity index (χ2v) is 5.19. The minimum absolute atomic E-state index is 0.304. The molecule has 19 heavy (non-hydrogen) atoms. The summed E-state index contributed by atoms with van der Waals surface area (Å²) in [7, 11) is 0. The predicted octanol–water partition coefficient (Wildman–Crippen LogP) is 2.84. The largest absolute Gasteiger partial charge is 0.324 e. The summed E-state index contributed by atoms with van der Waals surface area (Å²) in [5, 5.41) is 9.22. The SMILES string of the molecule is CCn1c(CN)nnc1SCc1c(F)cccc1Cl. The molecule has 0 unspecified atom stereocenters. The maximum absolute atomic E-state index is 13.6. The first-order valence-electron chi connectivity index (χ1n) is 5.85. The fourth-order valence-electron chi connectivity index (χ4n) is 1.70. The number of thioether (sulfide) groups is 1. The highest BCUT2D eigenvalue weighted by Gasteiger charge is 2.13. The number of benzene rings is 1. The summed E-state index contributed by atoms with van der Waals surface area (Å²) >= 11 is 7.38. The van der Waals surface area contributed by atoms with Gasteiger partial charge in [-0.3, -0.25) is 0 Å². The Morgan fingerprint density at radius 3 is 2.84 bits per heavy atom. The van der Waals surface area contributed by atoms with Crippen molar-refractivity contribution >= 4 is 23.4 Å². The molecule has 2 rings (SSSR count). The Labute approximate surface area is 120 Å². The average molecular weight is 301 g/mol. The molecule has 2 aromatic rings. The van der Waals surface area contributed by atoms with E-state index in [1.165, 1.54) is 17.8 Å². The molecule has 0 fully saturated rings. The molecule has 1 aromatic carbocycles. The van der Waals surface area contributed by atoms with Crippen molar-refractivity contribution in [3.8, 4) is 0 Å². The number of aromatic nitrogens is 3. The fourth-order valence-corrected chi connectivity index (χ4v) is 3.07.